The van der Waals surface area contributed by atoms with Gasteiger partial charge in [-0.05, 0) is 17.2 Å². The van der Waals surface area contributed by atoms with Crippen LogP contribution in [0, 0.1) is 5.41 Å². The van der Waals surface area contributed by atoms with Gasteiger partial charge < -0.3 is 21.5 Å². The number of amidine groups is 1. The first-order chi connectivity index (χ1) is 13.5. The minimum absolute atomic E-state index is 0.0195. The molecule has 9 heteroatoms. The Balaban J connectivity index is 1.74. The summed E-state index contributed by atoms with van der Waals surface area (Å²) in [6.07, 6.45) is 3.29. The van der Waals surface area contributed by atoms with E-state index in [1.165, 1.54) is 0 Å². The number of amides is 2. The van der Waals surface area contributed by atoms with Gasteiger partial charge in [0.05, 0.1) is 13.2 Å². The number of aliphatic hydroxyl groups is 1. The van der Waals surface area contributed by atoms with E-state index in [0.29, 0.717) is 18.7 Å². The Labute approximate surface area is 162 Å². The van der Waals surface area contributed by atoms with E-state index in [0.717, 1.165) is 11.1 Å². The fourth-order valence-corrected chi connectivity index (χ4v) is 2.34. The molecule has 0 radical (unpaired) electrons. The van der Waals surface area contributed by atoms with Crippen molar-refractivity contribution in [1.82, 2.24) is 20.9 Å². The Morgan fingerprint density at radius 3 is 2.46 bits per heavy atom. The number of aliphatic hydroxyl groups excluding tert-OH is 1. The summed E-state index contributed by atoms with van der Waals surface area (Å²) in [6.45, 7) is 0.0593. The topological polar surface area (TPSA) is 153 Å². The van der Waals surface area contributed by atoms with Gasteiger partial charge in [0.1, 0.15) is 11.9 Å². The molecule has 0 aliphatic rings. The molecular weight excluding hydrogens is 360 g/mol. The summed E-state index contributed by atoms with van der Waals surface area (Å²) in [5.74, 6) is -0.831. The molecule has 0 aliphatic carbocycles. The molecular formula is C19H24N6O3. The molecule has 0 aliphatic heterocycles. The third-order valence-electron chi connectivity index (χ3n) is 3.95. The largest absolute Gasteiger partial charge is 0.394 e. The number of carbonyl (C=O) groups excluding carboxylic acids is 2. The second kappa shape index (κ2) is 10.8. The fraction of sp³-hybridized carbons (Fsp3) is 0.263. The van der Waals surface area contributed by atoms with Crippen molar-refractivity contribution in [3.8, 4) is 0 Å². The summed E-state index contributed by atoms with van der Waals surface area (Å²) >= 11 is 0. The number of benzene rings is 1. The minimum Gasteiger partial charge on any atom is -0.394 e. The average Bonchev–Trinajstić information content (AvgIpc) is 2.72. The van der Waals surface area contributed by atoms with Gasteiger partial charge in [-0.15, -0.1) is 0 Å². The van der Waals surface area contributed by atoms with Crippen LogP contribution < -0.4 is 21.7 Å². The Morgan fingerprint density at radius 2 is 1.86 bits per heavy atom. The first-order valence-electron chi connectivity index (χ1n) is 8.70. The van der Waals surface area contributed by atoms with Crippen LogP contribution in [0.1, 0.15) is 16.7 Å². The molecule has 2 rings (SSSR count). The Morgan fingerprint density at radius 1 is 1.11 bits per heavy atom. The second-order valence-corrected chi connectivity index (χ2v) is 6.08. The highest BCUT2D eigenvalue weighted by Crippen LogP contribution is 2.04. The molecule has 1 aromatic carbocycles. The van der Waals surface area contributed by atoms with Crippen molar-refractivity contribution in [2.75, 3.05) is 13.2 Å². The third-order valence-corrected chi connectivity index (χ3v) is 3.95. The number of nitrogens with two attached hydrogens (primary N) is 1. The zero-order valence-corrected chi connectivity index (χ0v) is 15.3. The summed E-state index contributed by atoms with van der Waals surface area (Å²) in [7, 11) is 0. The number of carbonyl (C=O) groups is 2. The maximum atomic E-state index is 12.1. The summed E-state index contributed by atoms with van der Waals surface area (Å²) in [6, 6.07) is 9.73. The van der Waals surface area contributed by atoms with E-state index in [1.54, 1.807) is 42.7 Å². The standard InChI is InChI=1S/C19H24N6O3/c20-18(21)15-5-3-13(4-6-15)9-23-16(12-26)19(28)25-11-17(27)24-10-14-2-1-7-22-8-14/h1-8,16,23,26H,9-12H2,(H3,20,21)(H,24,27)(H,25,28). The van der Waals surface area contributed by atoms with Crippen molar-refractivity contribution in [2.45, 2.75) is 19.1 Å². The number of rotatable bonds is 10. The molecule has 0 spiro atoms. The summed E-state index contributed by atoms with van der Waals surface area (Å²) < 4.78 is 0. The average molecular weight is 384 g/mol. The van der Waals surface area contributed by atoms with Gasteiger partial charge in [0.2, 0.25) is 11.8 Å². The second-order valence-electron chi connectivity index (χ2n) is 6.08. The first kappa shape index (κ1) is 21.0. The van der Waals surface area contributed by atoms with Crippen molar-refractivity contribution in [2.24, 2.45) is 5.73 Å². The van der Waals surface area contributed by atoms with E-state index in [9.17, 15) is 14.7 Å². The molecule has 0 saturated heterocycles. The summed E-state index contributed by atoms with van der Waals surface area (Å²) in [4.78, 5) is 27.9. The minimum atomic E-state index is -0.849. The van der Waals surface area contributed by atoms with Gasteiger partial charge in [0.15, 0.2) is 0 Å². The lowest BCUT2D eigenvalue weighted by atomic mass is 10.1. The summed E-state index contributed by atoms with van der Waals surface area (Å²) in [5.41, 5.74) is 7.73. The lowest BCUT2D eigenvalue weighted by Gasteiger charge is -2.16. The molecule has 9 nitrogen and oxygen atoms in total. The highest BCUT2D eigenvalue weighted by molar-refractivity contribution is 5.94. The maximum absolute atomic E-state index is 12.1. The monoisotopic (exact) mass is 384 g/mol. The molecule has 1 atom stereocenters. The molecule has 1 unspecified atom stereocenters. The van der Waals surface area contributed by atoms with Crippen LogP contribution in [-0.2, 0) is 22.7 Å². The van der Waals surface area contributed by atoms with E-state index in [-0.39, 0.29) is 18.3 Å². The normalized spacial score (nSPS) is 11.5. The Hall–Kier alpha value is -3.30. The van der Waals surface area contributed by atoms with E-state index < -0.39 is 18.6 Å². The van der Waals surface area contributed by atoms with Gasteiger partial charge in [0.25, 0.3) is 0 Å². The molecule has 0 saturated carbocycles. The fourth-order valence-electron chi connectivity index (χ4n) is 2.34. The molecule has 1 heterocycles. The van der Waals surface area contributed by atoms with E-state index >= 15 is 0 Å². The van der Waals surface area contributed by atoms with Crippen LogP contribution in [-0.4, -0.2) is 46.9 Å². The number of nitrogens with one attached hydrogen (secondary N) is 4. The maximum Gasteiger partial charge on any atom is 0.239 e. The lowest BCUT2D eigenvalue weighted by Crippen LogP contribution is -2.48. The SMILES string of the molecule is N=C(N)c1ccc(CNC(CO)C(=O)NCC(=O)NCc2cccnc2)cc1. The molecule has 0 bridgehead atoms. The van der Waals surface area contributed by atoms with Crippen LogP contribution in [0.5, 0.6) is 0 Å². The molecule has 2 amide bonds. The summed E-state index contributed by atoms with van der Waals surface area (Å²) in [5, 5.41) is 24.9. The smallest absolute Gasteiger partial charge is 0.239 e. The highest BCUT2D eigenvalue weighted by atomic mass is 16.3. The zero-order chi connectivity index (χ0) is 20.4. The Kier molecular flexibility index (Phi) is 8.07. The van der Waals surface area contributed by atoms with Crippen LogP contribution in [0.3, 0.4) is 0 Å². The molecule has 7 N–H and O–H groups in total. The first-order valence-corrected chi connectivity index (χ1v) is 8.70. The lowest BCUT2D eigenvalue weighted by molar-refractivity contribution is -0.128. The number of nitrogen functional groups attached to an aromatic ring is 1. The van der Waals surface area contributed by atoms with Crippen LogP contribution in [0.15, 0.2) is 48.8 Å². The number of aromatic nitrogens is 1. The van der Waals surface area contributed by atoms with Gasteiger partial charge in [-0.2, -0.15) is 0 Å². The molecule has 28 heavy (non-hydrogen) atoms. The van der Waals surface area contributed by atoms with E-state index in [4.69, 9.17) is 11.1 Å². The van der Waals surface area contributed by atoms with Crippen molar-refractivity contribution in [1.29, 1.82) is 5.41 Å². The molecule has 2 aromatic rings. The predicted octanol–water partition coefficient (Wildman–Crippen LogP) is -0.751. The molecule has 148 valence electrons. The number of hydrogen-bond donors (Lipinski definition) is 6. The van der Waals surface area contributed by atoms with Gasteiger partial charge in [0, 0.05) is 31.0 Å². The Bertz CT molecular complexity index is 795. The predicted molar refractivity (Wildman–Crippen MR) is 104 cm³/mol. The van der Waals surface area contributed by atoms with Gasteiger partial charge in [-0.25, -0.2) is 0 Å². The number of nitrogens with zero attached hydrogens (tertiary/aromatic N) is 1. The van der Waals surface area contributed by atoms with Crippen molar-refractivity contribution >= 4 is 17.6 Å². The number of hydrogen-bond acceptors (Lipinski definition) is 6. The van der Waals surface area contributed by atoms with Crippen molar-refractivity contribution in [3.05, 3.63) is 65.5 Å². The quantitative estimate of drug-likeness (QED) is 0.234. The van der Waals surface area contributed by atoms with Gasteiger partial charge >= 0.3 is 0 Å². The van der Waals surface area contributed by atoms with Crippen molar-refractivity contribution < 1.29 is 14.7 Å². The van der Waals surface area contributed by atoms with E-state index in [2.05, 4.69) is 20.9 Å². The van der Waals surface area contributed by atoms with Crippen LogP contribution in [0.25, 0.3) is 0 Å². The van der Waals surface area contributed by atoms with Crippen molar-refractivity contribution in [3.63, 3.8) is 0 Å². The van der Waals surface area contributed by atoms with Crippen LogP contribution in [0.2, 0.25) is 0 Å². The van der Waals surface area contributed by atoms with Gasteiger partial charge in [-0.1, -0.05) is 30.3 Å². The van der Waals surface area contributed by atoms with Gasteiger partial charge in [-0.3, -0.25) is 25.3 Å². The number of pyridine rings is 1. The highest BCUT2D eigenvalue weighted by Gasteiger charge is 2.17. The molecule has 1 aromatic heterocycles. The molecule has 0 fully saturated rings. The van der Waals surface area contributed by atoms with E-state index in [1.807, 2.05) is 6.07 Å². The zero-order valence-electron chi connectivity index (χ0n) is 15.3. The van der Waals surface area contributed by atoms with Crippen LogP contribution >= 0.6 is 0 Å². The third kappa shape index (κ3) is 6.78. The van der Waals surface area contributed by atoms with Crippen LogP contribution in [0.4, 0.5) is 0 Å².